The standard InChI is InChI=1S/C63H84N10O7/c1-37(64-9)55(74)70-53(62(3,4)5)60(79)72-35-44-31-45(30-29-43(44)32-51(72)58(77)68-49-23-15-19-40-17-11-13-21-47(40)49)66-34-39-25-27-42(28-26-39)57(76)67-46-33-52(59(78)69-50-24-16-20-41-18-12-14-22-48(41)50)73(36-46)61(80)54(63(6,7)8)71-56(75)38(2)65-10/h11-14,17-18,21-22,25-31,37-38,46,49-54,64-66H,15-16,19-20,23-24,32-36H2,1-10H3,(H,67,76)(H,68,77)(H,69,78)(H,70,74)(H,71,75)/t37-,38-,46?,49?,50?,51-,52-,53+,54+/m0/s1. The predicted molar refractivity (Wildman–Crippen MR) is 310 cm³/mol. The third-order valence-electron chi connectivity index (χ3n) is 16.7. The summed E-state index contributed by atoms with van der Waals surface area (Å²) in [5, 5.41) is 25.0. The van der Waals surface area contributed by atoms with E-state index in [1.165, 1.54) is 16.0 Å². The summed E-state index contributed by atoms with van der Waals surface area (Å²) in [7, 11) is 3.37. The molecule has 4 aromatic carbocycles. The van der Waals surface area contributed by atoms with E-state index in [9.17, 15) is 33.6 Å². The van der Waals surface area contributed by atoms with Gasteiger partial charge in [0.25, 0.3) is 5.91 Å². The summed E-state index contributed by atoms with van der Waals surface area (Å²) < 4.78 is 0. The van der Waals surface area contributed by atoms with E-state index in [0.29, 0.717) is 18.5 Å². The molecule has 7 amide bonds. The highest BCUT2D eigenvalue weighted by molar-refractivity contribution is 5.97. The van der Waals surface area contributed by atoms with Crippen molar-refractivity contribution in [3.8, 4) is 0 Å². The van der Waals surface area contributed by atoms with Crippen LogP contribution in [0.3, 0.4) is 0 Å². The molecule has 4 aromatic rings. The third-order valence-corrected chi connectivity index (χ3v) is 16.7. The van der Waals surface area contributed by atoms with Crippen molar-refractivity contribution in [2.45, 2.75) is 174 Å². The topological polar surface area (TPSA) is 222 Å². The molecule has 2 heterocycles. The van der Waals surface area contributed by atoms with Crippen molar-refractivity contribution in [3.63, 3.8) is 0 Å². The first-order valence-electron chi connectivity index (χ1n) is 28.6. The molecule has 8 rings (SSSR count). The molecular formula is C63H84N10O7. The van der Waals surface area contributed by atoms with Gasteiger partial charge in [-0.3, -0.25) is 33.6 Å². The Kier molecular flexibility index (Phi) is 18.5. The zero-order valence-electron chi connectivity index (χ0n) is 48.4. The van der Waals surface area contributed by atoms with Gasteiger partial charge in [0.15, 0.2) is 0 Å². The van der Waals surface area contributed by atoms with Gasteiger partial charge in [0, 0.05) is 43.3 Å². The lowest BCUT2D eigenvalue weighted by Gasteiger charge is -2.42. The normalized spacial score (nSPS) is 21.2. The van der Waals surface area contributed by atoms with Crippen LogP contribution in [0, 0.1) is 10.8 Å². The largest absolute Gasteiger partial charge is 0.381 e. The van der Waals surface area contributed by atoms with Crippen LogP contribution in [-0.2, 0) is 61.1 Å². The molecule has 1 saturated heterocycles. The predicted octanol–water partition coefficient (Wildman–Crippen LogP) is 5.92. The van der Waals surface area contributed by atoms with Crippen LogP contribution in [0.4, 0.5) is 5.69 Å². The summed E-state index contributed by atoms with van der Waals surface area (Å²) in [6.45, 7) is 15.5. The molecule has 0 bridgehead atoms. The minimum Gasteiger partial charge on any atom is -0.381 e. The molecule has 4 aliphatic rings. The van der Waals surface area contributed by atoms with E-state index in [4.69, 9.17) is 0 Å². The first-order chi connectivity index (χ1) is 38.0. The van der Waals surface area contributed by atoms with E-state index in [2.05, 4.69) is 60.7 Å². The molecule has 3 unspecified atom stereocenters. The van der Waals surface area contributed by atoms with Crippen LogP contribution in [0.2, 0.25) is 0 Å². The summed E-state index contributed by atoms with van der Waals surface area (Å²) in [4.78, 5) is 102. The van der Waals surface area contributed by atoms with Gasteiger partial charge >= 0.3 is 0 Å². The fourth-order valence-corrected chi connectivity index (χ4v) is 11.6. The number of aryl methyl sites for hydroxylation is 2. The fourth-order valence-electron chi connectivity index (χ4n) is 11.6. The lowest BCUT2D eigenvalue weighted by molar-refractivity contribution is -0.147. The molecule has 0 spiro atoms. The number of benzene rings is 4. The highest BCUT2D eigenvalue weighted by atomic mass is 16.2. The monoisotopic (exact) mass is 1090 g/mol. The van der Waals surface area contributed by atoms with Crippen LogP contribution in [0.25, 0.3) is 0 Å². The number of rotatable bonds is 17. The Hall–Kier alpha value is -7.11. The average molecular weight is 1090 g/mol. The van der Waals surface area contributed by atoms with Crippen molar-refractivity contribution in [1.82, 2.24) is 47.0 Å². The first-order valence-corrected chi connectivity index (χ1v) is 28.6. The molecular weight excluding hydrogens is 1010 g/mol. The van der Waals surface area contributed by atoms with E-state index in [0.717, 1.165) is 72.0 Å². The zero-order chi connectivity index (χ0) is 57.6. The number of likely N-dealkylation sites (tertiary alicyclic amines) is 1. The van der Waals surface area contributed by atoms with Crippen LogP contribution in [0.15, 0.2) is 91.0 Å². The van der Waals surface area contributed by atoms with E-state index in [-0.39, 0.29) is 72.9 Å². The number of fused-ring (bicyclic) bond motifs is 3. The number of nitrogens with one attached hydrogen (secondary N) is 8. The van der Waals surface area contributed by atoms with Gasteiger partial charge in [-0.2, -0.15) is 0 Å². The van der Waals surface area contributed by atoms with Crippen molar-refractivity contribution < 1.29 is 33.6 Å². The van der Waals surface area contributed by atoms with E-state index < -0.39 is 53.1 Å². The summed E-state index contributed by atoms with van der Waals surface area (Å²) in [6.07, 6.45) is 5.80. The number of amides is 7. The van der Waals surface area contributed by atoms with Crippen molar-refractivity contribution >= 4 is 47.0 Å². The van der Waals surface area contributed by atoms with Crippen LogP contribution in [0.5, 0.6) is 0 Å². The molecule has 0 radical (unpaired) electrons. The second kappa shape index (κ2) is 25.1. The molecule has 0 aromatic heterocycles. The van der Waals surface area contributed by atoms with E-state index in [1.807, 2.05) is 102 Å². The summed E-state index contributed by atoms with van der Waals surface area (Å²) in [5.41, 5.74) is 7.18. The maximum atomic E-state index is 14.9. The number of nitrogens with zero attached hydrogens (tertiary/aromatic N) is 2. The van der Waals surface area contributed by atoms with Gasteiger partial charge in [-0.15, -0.1) is 0 Å². The van der Waals surface area contributed by atoms with E-state index in [1.54, 1.807) is 45.0 Å². The molecule has 2 aliphatic heterocycles. The summed E-state index contributed by atoms with van der Waals surface area (Å²) >= 11 is 0. The minimum absolute atomic E-state index is 0.0790. The number of anilines is 1. The molecule has 0 saturated carbocycles. The molecule has 17 nitrogen and oxygen atoms in total. The van der Waals surface area contributed by atoms with Gasteiger partial charge < -0.3 is 52.3 Å². The van der Waals surface area contributed by atoms with Crippen molar-refractivity contribution in [1.29, 1.82) is 0 Å². The van der Waals surface area contributed by atoms with Gasteiger partial charge in [0.1, 0.15) is 24.2 Å². The van der Waals surface area contributed by atoms with Crippen molar-refractivity contribution in [2.75, 3.05) is 26.0 Å². The van der Waals surface area contributed by atoms with Crippen molar-refractivity contribution in [3.05, 3.63) is 136 Å². The van der Waals surface area contributed by atoms with Gasteiger partial charge in [0.2, 0.25) is 35.4 Å². The molecule has 9 atom stereocenters. The number of carbonyl (C=O) groups excluding carboxylic acids is 7. The lowest BCUT2D eigenvalue weighted by atomic mass is 9.83. The number of carbonyl (C=O) groups is 7. The Morgan fingerprint density at radius 1 is 0.588 bits per heavy atom. The number of hydrogen-bond donors (Lipinski definition) is 8. The summed E-state index contributed by atoms with van der Waals surface area (Å²) in [5.74, 6) is -2.24. The highest BCUT2D eigenvalue weighted by Crippen LogP contribution is 2.35. The quantitative estimate of drug-likeness (QED) is 0.0624. The molecule has 8 N–H and O–H groups in total. The smallest absolute Gasteiger partial charge is 0.251 e. The average Bonchev–Trinajstić information content (AvgIpc) is 3.88. The SMILES string of the molecule is CN[C@@H](C)C(=O)N[C@H](C(=O)N1Cc2cc(NCc3ccc(C(=O)NC4C[C@@H](C(=O)NC5CCCc6ccccc65)N(C(=O)[C@@H](NC(=O)[C@H](C)NC)C(C)(C)C)C4)cc3)ccc2C[C@H]1C(=O)NC1CCCc2ccccc21)C(C)(C)C. The lowest BCUT2D eigenvalue weighted by Crippen LogP contribution is -2.62. The van der Waals surface area contributed by atoms with E-state index >= 15 is 0 Å². The third kappa shape index (κ3) is 13.7. The number of hydrogen-bond acceptors (Lipinski definition) is 10. The molecule has 428 valence electrons. The van der Waals surface area contributed by atoms with Crippen LogP contribution in [0.1, 0.15) is 149 Å². The van der Waals surface area contributed by atoms with Crippen LogP contribution >= 0.6 is 0 Å². The maximum Gasteiger partial charge on any atom is 0.251 e. The maximum absolute atomic E-state index is 14.9. The second-order valence-electron chi connectivity index (χ2n) is 24.6. The van der Waals surface area contributed by atoms with Crippen LogP contribution < -0.4 is 42.5 Å². The number of likely N-dealkylation sites (N-methyl/N-ethyl adjacent to an activating group) is 2. The molecule has 1 fully saturated rings. The Balaban J connectivity index is 0.955. The van der Waals surface area contributed by atoms with Crippen molar-refractivity contribution in [2.24, 2.45) is 10.8 Å². The first kappa shape index (κ1) is 59.0. The van der Waals surface area contributed by atoms with Crippen LogP contribution in [-0.4, -0.2) is 114 Å². The summed E-state index contributed by atoms with van der Waals surface area (Å²) in [6, 6.07) is 23.9. The Bertz CT molecular complexity index is 2930. The van der Waals surface area contributed by atoms with Gasteiger partial charge in [-0.05, 0) is 147 Å². The Morgan fingerprint density at radius 2 is 1.10 bits per heavy atom. The minimum atomic E-state index is -0.942. The second-order valence-corrected chi connectivity index (χ2v) is 24.6. The van der Waals surface area contributed by atoms with Gasteiger partial charge in [0.05, 0.1) is 24.2 Å². The fraction of sp³-hybridized carbons (Fsp3) is 0.508. The zero-order valence-corrected chi connectivity index (χ0v) is 48.4. The van der Waals surface area contributed by atoms with Gasteiger partial charge in [-0.1, -0.05) is 108 Å². The van der Waals surface area contributed by atoms with Gasteiger partial charge in [-0.25, -0.2) is 0 Å². The molecule has 17 heteroatoms. The highest BCUT2D eigenvalue weighted by Gasteiger charge is 2.47. The Labute approximate surface area is 472 Å². The molecule has 80 heavy (non-hydrogen) atoms. The Morgan fingerprint density at radius 3 is 1.62 bits per heavy atom. The molecule has 2 aliphatic carbocycles.